The number of ketones is 1. The number of halogens is 1. The largest absolute Gasteiger partial charge is 0.293 e. The quantitative estimate of drug-likeness (QED) is 0.609. The Morgan fingerprint density at radius 3 is 3.07 bits per heavy atom. The smallest absolute Gasteiger partial charge is 0.180 e. The van der Waals surface area contributed by atoms with E-state index in [9.17, 15) is 4.79 Å². The SMILES string of the molecule is C[C@@H](Cl)C(=O)c1ccc2[nH]ncc2c1. The molecular weight excluding hydrogens is 200 g/mol. The van der Waals surface area contributed by atoms with E-state index in [2.05, 4.69) is 10.2 Å². The number of nitrogens with zero attached hydrogens (tertiary/aromatic N) is 1. The van der Waals surface area contributed by atoms with Crippen molar-refractivity contribution in [2.75, 3.05) is 0 Å². The van der Waals surface area contributed by atoms with E-state index in [0.29, 0.717) is 5.56 Å². The van der Waals surface area contributed by atoms with Crippen LogP contribution >= 0.6 is 11.6 Å². The molecule has 0 bridgehead atoms. The lowest BCUT2D eigenvalue weighted by Crippen LogP contribution is -2.09. The standard InChI is InChI=1S/C10H9ClN2O/c1-6(11)10(14)7-2-3-9-8(4-7)5-12-13-9/h2-6H,1H3,(H,12,13)/t6-/m1/s1. The van der Waals surface area contributed by atoms with Crippen molar-refractivity contribution in [3.63, 3.8) is 0 Å². The van der Waals surface area contributed by atoms with Crippen LogP contribution in [-0.4, -0.2) is 21.4 Å². The summed E-state index contributed by atoms with van der Waals surface area (Å²) in [4.78, 5) is 11.5. The molecule has 0 aliphatic heterocycles. The Hall–Kier alpha value is -1.35. The minimum absolute atomic E-state index is 0.0604. The first-order valence-corrected chi connectivity index (χ1v) is 4.73. The zero-order chi connectivity index (χ0) is 10.1. The van der Waals surface area contributed by atoms with Crippen molar-refractivity contribution in [1.29, 1.82) is 0 Å². The number of fused-ring (bicyclic) bond motifs is 1. The van der Waals surface area contributed by atoms with Gasteiger partial charge in [-0.2, -0.15) is 5.10 Å². The number of alkyl halides is 1. The number of hydrogen-bond acceptors (Lipinski definition) is 2. The van der Waals surface area contributed by atoms with Crippen molar-refractivity contribution in [3.8, 4) is 0 Å². The molecule has 0 aliphatic carbocycles. The van der Waals surface area contributed by atoms with Crippen LogP contribution in [0.1, 0.15) is 17.3 Å². The average Bonchev–Trinajstić information content (AvgIpc) is 2.62. The monoisotopic (exact) mass is 208 g/mol. The Bertz CT molecular complexity index is 476. The Labute approximate surface area is 86.1 Å². The van der Waals surface area contributed by atoms with Gasteiger partial charge in [0, 0.05) is 10.9 Å². The minimum Gasteiger partial charge on any atom is -0.293 e. The molecular formula is C10H9ClN2O. The van der Waals surface area contributed by atoms with Gasteiger partial charge in [0.25, 0.3) is 0 Å². The second kappa shape index (κ2) is 3.42. The minimum atomic E-state index is -0.487. The van der Waals surface area contributed by atoms with Gasteiger partial charge in [-0.1, -0.05) is 0 Å². The molecule has 0 saturated heterocycles. The summed E-state index contributed by atoms with van der Waals surface area (Å²) in [5, 5.41) is 7.14. The van der Waals surface area contributed by atoms with Gasteiger partial charge >= 0.3 is 0 Å². The highest BCUT2D eigenvalue weighted by atomic mass is 35.5. The summed E-state index contributed by atoms with van der Waals surface area (Å²) in [6, 6.07) is 5.37. The van der Waals surface area contributed by atoms with Crippen LogP contribution in [0.2, 0.25) is 0 Å². The molecule has 0 radical (unpaired) electrons. The average molecular weight is 209 g/mol. The summed E-state index contributed by atoms with van der Waals surface area (Å²) in [6.45, 7) is 1.67. The Morgan fingerprint density at radius 1 is 1.57 bits per heavy atom. The highest BCUT2D eigenvalue weighted by Crippen LogP contribution is 2.15. The third kappa shape index (κ3) is 1.51. The van der Waals surface area contributed by atoms with E-state index in [-0.39, 0.29) is 5.78 Å². The predicted molar refractivity (Wildman–Crippen MR) is 55.7 cm³/mol. The van der Waals surface area contributed by atoms with Crippen molar-refractivity contribution in [1.82, 2.24) is 10.2 Å². The molecule has 1 aromatic heterocycles. The van der Waals surface area contributed by atoms with Crippen molar-refractivity contribution >= 4 is 28.3 Å². The number of carbonyl (C=O) groups is 1. The summed E-state index contributed by atoms with van der Waals surface area (Å²) >= 11 is 5.71. The summed E-state index contributed by atoms with van der Waals surface area (Å²) in [6.07, 6.45) is 1.69. The topological polar surface area (TPSA) is 45.8 Å². The van der Waals surface area contributed by atoms with Gasteiger partial charge < -0.3 is 0 Å². The summed E-state index contributed by atoms with van der Waals surface area (Å²) in [5.74, 6) is -0.0604. The molecule has 14 heavy (non-hydrogen) atoms. The first kappa shape index (κ1) is 9.21. The Balaban J connectivity index is 2.48. The molecule has 0 aliphatic rings. The number of carbonyl (C=O) groups excluding carboxylic acids is 1. The summed E-state index contributed by atoms with van der Waals surface area (Å²) in [7, 11) is 0. The van der Waals surface area contributed by atoms with E-state index in [1.54, 1.807) is 25.3 Å². The van der Waals surface area contributed by atoms with Crippen molar-refractivity contribution in [3.05, 3.63) is 30.0 Å². The van der Waals surface area contributed by atoms with Crippen LogP contribution in [0, 0.1) is 0 Å². The molecule has 0 fully saturated rings. The van der Waals surface area contributed by atoms with Crippen LogP contribution < -0.4 is 0 Å². The van der Waals surface area contributed by atoms with Crippen LogP contribution in [0.15, 0.2) is 24.4 Å². The van der Waals surface area contributed by atoms with Crippen LogP contribution in [0.25, 0.3) is 10.9 Å². The lowest BCUT2D eigenvalue weighted by molar-refractivity contribution is 0.0992. The lowest BCUT2D eigenvalue weighted by Gasteiger charge is -2.01. The number of H-pyrrole nitrogens is 1. The molecule has 1 aromatic carbocycles. The zero-order valence-electron chi connectivity index (χ0n) is 7.62. The first-order valence-electron chi connectivity index (χ1n) is 4.30. The molecule has 1 heterocycles. The Morgan fingerprint density at radius 2 is 2.36 bits per heavy atom. The van der Waals surface area contributed by atoms with Crippen molar-refractivity contribution < 1.29 is 4.79 Å². The third-order valence-corrected chi connectivity index (χ3v) is 2.28. The maximum Gasteiger partial charge on any atom is 0.180 e. The Kier molecular flexibility index (Phi) is 2.25. The predicted octanol–water partition coefficient (Wildman–Crippen LogP) is 2.37. The van der Waals surface area contributed by atoms with Gasteiger partial charge in [-0.05, 0) is 25.1 Å². The van der Waals surface area contributed by atoms with Crippen molar-refractivity contribution in [2.24, 2.45) is 0 Å². The van der Waals surface area contributed by atoms with Gasteiger partial charge in [0.05, 0.1) is 17.1 Å². The first-order chi connectivity index (χ1) is 6.68. The highest BCUT2D eigenvalue weighted by Gasteiger charge is 2.12. The molecule has 0 spiro atoms. The van der Waals surface area contributed by atoms with Crippen LogP contribution in [0.3, 0.4) is 0 Å². The number of hydrogen-bond donors (Lipinski definition) is 1. The van der Waals surface area contributed by atoms with Gasteiger partial charge in [0.2, 0.25) is 0 Å². The molecule has 3 nitrogen and oxygen atoms in total. The fourth-order valence-electron chi connectivity index (χ4n) is 1.33. The molecule has 0 amide bonds. The molecule has 4 heteroatoms. The molecule has 2 rings (SSSR count). The van der Waals surface area contributed by atoms with Crippen molar-refractivity contribution in [2.45, 2.75) is 12.3 Å². The number of rotatable bonds is 2. The van der Waals surface area contributed by atoms with E-state index >= 15 is 0 Å². The van der Waals surface area contributed by atoms with Gasteiger partial charge in [0.15, 0.2) is 5.78 Å². The van der Waals surface area contributed by atoms with Gasteiger partial charge in [-0.25, -0.2) is 0 Å². The van der Waals surface area contributed by atoms with E-state index in [4.69, 9.17) is 11.6 Å². The number of aromatic amines is 1. The maximum absolute atomic E-state index is 11.5. The number of nitrogens with one attached hydrogen (secondary N) is 1. The fraction of sp³-hybridized carbons (Fsp3) is 0.200. The lowest BCUT2D eigenvalue weighted by atomic mass is 10.1. The van der Waals surface area contributed by atoms with E-state index in [0.717, 1.165) is 10.9 Å². The number of aromatic nitrogens is 2. The zero-order valence-corrected chi connectivity index (χ0v) is 8.38. The van der Waals surface area contributed by atoms with Crippen LogP contribution in [0.4, 0.5) is 0 Å². The molecule has 0 saturated carbocycles. The van der Waals surface area contributed by atoms with Crippen LogP contribution in [-0.2, 0) is 0 Å². The normalized spacial score (nSPS) is 13.0. The molecule has 1 atom stereocenters. The molecule has 0 unspecified atom stereocenters. The van der Waals surface area contributed by atoms with Crippen LogP contribution in [0.5, 0.6) is 0 Å². The molecule has 2 aromatic rings. The molecule has 72 valence electrons. The fourth-order valence-corrected chi connectivity index (χ4v) is 1.45. The van der Waals surface area contributed by atoms with Gasteiger partial charge in [0.1, 0.15) is 0 Å². The number of Topliss-reactive ketones (excluding diaryl/α,β-unsaturated/α-hetero) is 1. The number of benzene rings is 1. The van der Waals surface area contributed by atoms with E-state index in [1.807, 2.05) is 6.07 Å². The van der Waals surface area contributed by atoms with E-state index < -0.39 is 5.38 Å². The summed E-state index contributed by atoms with van der Waals surface area (Å²) < 4.78 is 0. The third-order valence-electron chi connectivity index (χ3n) is 2.09. The van der Waals surface area contributed by atoms with Gasteiger partial charge in [-0.15, -0.1) is 11.6 Å². The summed E-state index contributed by atoms with van der Waals surface area (Å²) in [5.41, 5.74) is 1.55. The van der Waals surface area contributed by atoms with Gasteiger partial charge in [-0.3, -0.25) is 9.89 Å². The molecule has 1 N–H and O–H groups in total. The maximum atomic E-state index is 11.5. The second-order valence-corrected chi connectivity index (χ2v) is 3.81. The highest BCUT2D eigenvalue weighted by molar-refractivity contribution is 6.33. The second-order valence-electron chi connectivity index (χ2n) is 3.15. The van der Waals surface area contributed by atoms with E-state index in [1.165, 1.54) is 0 Å².